The second kappa shape index (κ2) is 6.28. The van der Waals surface area contributed by atoms with E-state index in [0.717, 1.165) is 0 Å². The number of alkyl halides is 3. The molecular formula is C12H14F3NO2. The molecule has 0 aromatic heterocycles. The molecule has 0 fully saturated rings. The molecule has 1 rings (SSSR count). The molecule has 100 valence electrons. The Morgan fingerprint density at radius 1 is 1.28 bits per heavy atom. The van der Waals surface area contributed by atoms with E-state index in [1.165, 1.54) is 0 Å². The first kappa shape index (κ1) is 14.3. The smallest absolute Gasteiger partial charge is 0.393 e. The van der Waals surface area contributed by atoms with Gasteiger partial charge in [0.05, 0.1) is 5.92 Å². The normalized spacial score (nSPS) is 13.1. The van der Waals surface area contributed by atoms with Crippen molar-refractivity contribution >= 4 is 11.7 Å². The van der Waals surface area contributed by atoms with E-state index in [2.05, 4.69) is 5.32 Å². The van der Waals surface area contributed by atoms with Gasteiger partial charge in [-0.15, -0.1) is 0 Å². The zero-order valence-corrected chi connectivity index (χ0v) is 9.57. The second-order valence-corrected chi connectivity index (χ2v) is 3.92. The van der Waals surface area contributed by atoms with Crippen LogP contribution < -0.4 is 5.32 Å². The van der Waals surface area contributed by atoms with Crippen LogP contribution in [0.15, 0.2) is 30.3 Å². The number of carboxylic acids is 1. The van der Waals surface area contributed by atoms with Crippen LogP contribution in [0.3, 0.4) is 0 Å². The Balaban J connectivity index is 2.54. The Labute approximate surface area is 103 Å². The molecule has 0 radical (unpaired) electrons. The summed E-state index contributed by atoms with van der Waals surface area (Å²) >= 11 is 0. The maximum atomic E-state index is 12.6. The van der Waals surface area contributed by atoms with Crippen LogP contribution in [0.2, 0.25) is 0 Å². The number of rotatable bonds is 6. The summed E-state index contributed by atoms with van der Waals surface area (Å²) in [7, 11) is 0. The van der Waals surface area contributed by atoms with E-state index in [1.54, 1.807) is 30.3 Å². The van der Waals surface area contributed by atoms with Crippen molar-refractivity contribution in [1.29, 1.82) is 0 Å². The van der Waals surface area contributed by atoms with Crippen LogP contribution in [0.4, 0.5) is 18.9 Å². The van der Waals surface area contributed by atoms with Crippen LogP contribution in [-0.4, -0.2) is 23.8 Å². The second-order valence-electron chi connectivity index (χ2n) is 3.92. The average molecular weight is 261 g/mol. The maximum absolute atomic E-state index is 12.6. The third-order valence-corrected chi connectivity index (χ3v) is 2.50. The molecule has 0 aliphatic carbocycles. The molecule has 1 aromatic rings. The summed E-state index contributed by atoms with van der Waals surface area (Å²) in [5.41, 5.74) is 0.585. The minimum atomic E-state index is -4.39. The summed E-state index contributed by atoms with van der Waals surface area (Å²) in [5.74, 6) is -2.88. The molecular weight excluding hydrogens is 247 g/mol. The van der Waals surface area contributed by atoms with Gasteiger partial charge in [-0.1, -0.05) is 18.2 Å². The molecule has 0 bridgehead atoms. The van der Waals surface area contributed by atoms with Gasteiger partial charge in [0, 0.05) is 18.7 Å². The molecule has 0 aliphatic heterocycles. The number of benzene rings is 1. The lowest BCUT2D eigenvalue weighted by Gasteiger charge is -2.20. The van der Waals surface area contributed by atoms with Crippen LogP contribution in [0.25, 0.3) is 0 Å². The SMILES string of the molecule is O=C(O)CCC(CNc1ccccc1)C(F)(F)F. The fourth-order valence-corrected chi connectivity index (χ4v) is 1.48. The van der Waals surface area contributed by atoms with Crippen molar-refractivity contribution in [2.24, 2.45) is 5.92 Å². The van der Waals surface area contributed by atoms with E-state index >= 15 is 0 Å². The van der Waals surface area contributed by atoms with Gasteiger partial charge in [-0.2, -0.15) is 13.2 Å². The van der Waals surface area contributed by atoms with Crippen LogP contribution in [0.5, 0.6) is 0 Å². The zero-order valence-electron chi connectivity index (χ0n) is 9.57. The lowest BCUT2D eigenvalue weighted by Crippen LogP contribution is -2.30. The molecule has 1 unspecified atom stereocenters. The van der Waals surface area contributed by atoms with Gasteiger partial charge in [-0.3, -0.25) is 4.79 Å². The van der Waals surface area contributed by atoms with Crippen LogP contribution in [0, 0.1) is 5.92 Å². The van der Waals surface area contributed by atoms with Gasteiger partial charge < -0.3 is 10.4 Å². The largest absolute Gasteiger partial charge is 0.481 e. The van der Waals surface area contributed by atoms with E-state index in [4.69, 9.17) is 5.11 Å². The Hall–Kier alpha value is -1.72. The fourth-order valence-electron chi connectivity index (χ4n) is 1.48. The van der Waals surface area contributed by atoms with Crippen molar-refractivity contribution in [2.45, 2.75) is 19.0 Å². The summed E-state index contributed by atoms with van der Waals surface area (Å²) in [4.78, 5) is 10.3. The van der Waals surface area contributed by atoms with Gasteiger partial charge >= 0.3 is 12.1 Å². The number of nitrogens with one attached hydrogen (secondary N) is 1. The van der Waals surface area contributed by atoms with Crippen LogP contribution in [0.1, 0.15) is 12.8 Å². The first-order valence-electron chi connectivity index (χ1n) is 5.47. The zero-order chi connectivity index (χ0) is 13.6. The minimum Gasteiger partial charge on any atom is -0.481 e. The number of hydrogen-bond acceptors (Lipinski definition) is 2. The monoisotopic (exact) mass is 261 g/mol. The first-order valence-corrected chi connectivity index (χ1v) is 5.47. The van der Waals surface area contributed by atoms with Crippen molar-refractivity contribution in [2.75, 3.05) is 11.9 Å². The summed E-state index contributed by atoms with van der Waals surface area (Å²) < 4.78 is 37.9. The van der Waals surface area contributed by atoms with Crippen molar-refractivity contribution in [3.05, 3.63) is 30.3 Å². The minimum absolute atomic E-state index is 0.319. The van der Waals surface area contributed by atoms with Crippen molar-refractivity contribution in [3.63, 3.8) is 0 Å². The summed E-state index contributed by atoms with van der Waals surface area (Å²) in [6, 6.07) is 8.50. The molecule has 0 amide bonds. The highest BCUT2D eigenvalue weighted by atomic mass is 19.4. The molecule has 1 atom stereocenters. The van der Waals surface area contributed by atoms with Crippen molar-refractivity contribution < 1.29 is 23.1 Å². The molecule has 1 aromatic carbocycles. The Morgan fingerprint density at radius 3 is 2.39 bits per heavy atom. The average Bonchev–Trinajstić information content (AvgIpc) is 2.28. The first-order chi connectivity index (χ1) is 8.39. The number of para-hydroxylation sites is 1. The summed E-state index contributed by atoms with van der Waals surface area (Å²) in [6.45, 7) is -0.319. The predicted octanol–water partition coefficient (Wildman–Crippen LogP) is 3.14. The van der Waals surface area contributed by atoms with E-state index in [9.17, 15) is 18.0 Å². The highest BCUT2D eigenvalue weighted by Crippen LogP contribution is 2.30. The maximum Gasteiger partial charge on any atom is 0.393 e. The Bertz CT molecular complexity index is 379. The lowest BCUT2D eigenvalue weighted by molar-refractivity contribution is -0.173. The molecule has 18 heavy (non-hydrogen) atoms. The number of anilines is 1. The highest BCUT2D eigenvalue weighted by Gasteiger charge is 2.39. The van der Waals surface area contributed by atoms with Gasteiger partial charge in [-0.25, -0.2) is 0 Å². The highest BCUT2D eigenvalue weighted by molar-refractivity contribution is 5.66. The van der Waals surface area contributed by atoms with Gasteiger partial charge in [0.2, 0.25) is 0 Å². The molecule has 0 spiro atoms. The van der Waals surface area contributed by atoms with E-state index in [-0.39, 0.29) is 6.54 Å². The van der Waals surface area contributed by atoms with Crippen molar-refractivity contribution in [3.8, 4) is 0 Å². The van der Waals surface area contributed by atoms with E-state index in [1.807, 2.05) is 0 Å². The molecule has 2 N–H and O–H groups in total. The molecule has 0 heterocycles. The van der Waals surface area contributed by atoms with Crippen LogP contribution >= 0.6 is 0 Å². The van der Waals surface area contributed by atoms with E-state index in [0.29, 0.717) is 5.69 Å². The number of aliphatic carboxylic acids is 1. The summed E-state index contributed by atoms with van der Waals surface area (Å²) in [5, 5.41) is 11.1. The Kier molecular flexibility index (Phi) is 5.00. The third-order valence-electron chi connectivity index (χ3n) is 2.50. The van der Waals surface area contributed by atoms with Gasteiger partial charge in [0.25, 0.3) is 0 Å². The van der Waals surface area contributed by atoms with Gasteiger partial charge in [0.1, 0.15) is 0 Å². The third kappa shape index (κ3) is 5.07. The van der Waals surface area contributed by atoms with E-state index < -0.39 is 30.9 Å². The quantitative estimate of drug-likeness (QED) is 0.827. The molecule has 3 nitrogen and oxygen atoms in total. The molecule has 0 saturated heterocycles. The lowest BCUT2D eigenvalue weighted by atomic mass is 10.0. The topological polar surface area (TPSA) is 49.3 Å². The standard InChI is InChI=1S/C12H14F3NO2/c13-12(14,15)9(6-7-11(17)18)8-16-10-4-2-1-3-5-10/h1-5,9,16H,6-8H2,(H,17,18). The fraction of sp³-hybridized carbons (Fsp3) is 0.417. The number of halogens is 3. The predicted molar refractivity (Wildman–Crippen MR) is 61.3 cm³/mol. The molecule has 0 aliphatic rings. The van der Waals surface area contributed by atoms with Crippen molar-refractivity contribution in [1.82, 2.24) is 0 Å². The molecule has 6 heteroatoms. The number of carboxylic acid groups (broad SMARTS) is 1. The number of carbonyl (C=O) groups is 1. The van der Waals surface area contributed by atoms with Gasteiger partial charge in [-0.05, 0) is 18.6 Å². The molecule has 0 saturated carbocycles. The Morgan fingerprint density at radius 2 is 1.89 bits per heavy atom. The summed E-state index contributed by atoms with van der Waals surface area (Å²) in [6.07, 6.45) is -5.30. The van der Waals surface area contributed by atoms with Crippen LogP contribution in [-0.2, 0) is 4.79 Å². The number of hydrogen-bond donors (Lipinski definition) is 2. The van der Waals surface area contributed by atoms with Gasteiger partial charge in [0.15, 0.2) is 0 Å².